The number of carbonyl (C=O) groups is 3. The van der Waals surface area contributed by atoms with Crippen LogP contribution in [0.1, 0.15) is 13.3 Å². The first-order valence-corrected chi connectivity index (χ1v) is 15.0. The number of amides is 3. The number of nitrogens with one attached hydrogen (secondary N) is 2. The zero-order chi connectivity index (χ0) is 28.0. The highest BCUT2D eigenvalue weighted by atomic mass is 79.9. The Bertz CT molecular complexity index is 1450. The highest BCUT2D eigenvalue weighted by molar-refractivity contribution is 9.09. The molecule has 2 bridgehead atoms. The molecule has 3 amide bonds. The van der Waals surface area contributed by atoms with Gasteiger partial charge < -0.3 is 25.4 Å². The number of rotatable bonds is 9. The number of hydrogen-bond acceptors (Lipinski definition) is 8. The molecule has 1 spiro atoms. The number of likely N-dealkylation sites (tertiary alicyclic amines) is 1. The van der Waals surface area contributed by atoms with Gasteiger partial charge in [0, 0.05) is 22.3 Å². The molecule has 40 heavy (non-hydrogen) atoms. The topological polar surface area (TPSA) is 139 Å². The number of fused-ring (bicyclic) bond motifs is 2. The predicted octanol–water partition coefficient (Wildman–Crippen LogP) is 2.00. The third-order valence-corrected chi connectivity index (χ3v) is 11.2. The van der Waals surface area contributed by atoms with E-state index in [9.17, 15) is 19.5 Å². The lowest BCUT2D eigenvalue weighted by atomic mass is 9.70. The SMILES string of the molecule is CCOc1ccc(NC(=O)[C@H]2[C@@H]3SC4(CC3Br)C(C(=O)NCn3nnc5ccccc53)N(CCO)C(=O)[C@H]24)cc1. The van der Waals surface area contributed by atoms with Crippen LogP contribution in [0.25, 0.3) is 11.0 Å². The molecule has 3 fully saturated rings. The van der Waals surface area contributed by atoms with Crippen LogP contribution in [0.5, 0.6) is 5.75 Å². The van der Waals surface area contributed by atoms with Crippen LogP contribution in [0.15, 0.2) is 48.5 Å². The lowest BCUT2D eigenvalue weighted by molar-refractivity contribution is -0.139. The second-order valence-corrected chi connectivity index (χ2v) is 12.9. The van der Waals surface area contributed by atoms with E-state index in [-0.39, 0.29) is 47.6 Å². The molecule has 11 nitrogen and oxygen atoms in total. The molecular formula is C27H29BrN6O5S. The van der Waals surface area contributed by atoms with Crippen molar-refractivity contribution in [1.29, 1.82) is 0 Å². The fraction of sp³-hybridized carbons (Fsp3) is 0.444. The summed E-state index contributed by atoms with van der Waals surface area (Å²) in [5.74, 6) is -1.50. The number of alkyl halides is 1. The second kappa shape index (κ2) is 10.7. The molecule has 3 aromatic rings. The molecule has 3 aliphatic heterocycles. The van der Waals surface area contributed by atoms with E-state index >= 15 is 0 Å². The van der Waals surface area contributed by atoms with Crippen molar-refractivity contribution >= 4 is 62.1 Å². The molecule has 0 aliphatic carbocycles. The fourth-order valence-electron chi connectivity index (χ4n) is 6.39. The van der Waals surface area contributed by atoms with Crippen LogP contribution in [-0.4, -0.2) is 83.3 Å². The number of anilines is 1. The number of aliphatic hydroxyl groups is 1. The average Bonchev–Trinajstić information content (AvgIpc) is 3.66. The number of aliphatic hydroxyl groups excluding tert-OH is 1. The van der Waals surface area contributed by atoms with Crippen LogP contribution in [0.4, 0.5) is 5.69 Å². The van der Waals surface area contributed by atoms with E-state index in [2.05, 4.69) is 36.9 Å². The van der Waals surface area contributed by atoms with E-state index in [1.54, 1.807) is 40.7 Å². The molecule has 3 unspecified atom stereocenters. The number of hydrogen-bond donors (Lipinski definition) is 3. The van der Waals surface area contributed by atoms with Crippen LogP contribution in [-0.2, 0) is 21.1 Å². The molecule has 1 aromatic heterocycles. The maximum absolute atomic E-state index is 13.9. The Hall–Kier alpha value is -3.16. The lowest BCUT2D eigenvalue weighted by Crippen LogP contribution is -2.55. The number of carbonyl (C=O) groups excluding carboxylic acids is 3. The van der Waals surface area contributed by atoms with Gasteiger partial charge in [0.1, 0.15) is 24.0 Å². The number of aromatic nitrogens is 3. The summed E-state index contributed by atoms with van der Waals surface area (Å²) in [7, 11) is 0. The highest BCUT2D eigenvalue weighted by Crippen LogP contribution is 2.67. The molecule has 6 rings (SSSR count). The molecule has 13 heteroatoms. The number of β-amino-alcohol motifs (C(OH)–C–C–N with tert-alkyl or cyclic N) is 1. The van der Waals surface area contributed by atoms with Crippen molar-refractivity contribution in [3.63, 3.8) is 0 Å². The molecule has 0 saturated carbocycles. The molecule has 4 heterocycles. The minimum atomic E-state index is -0.842. The first-order valence-electron chi connectivity index (χ1n) is 13.2. The van der Waals surface area contributed by atoms with Gasteiger partial charge in [-0.3, -0.25) is 14.4 Å². The van der Waals surface area contributed by atoms with Gasteiger partial charge in [0.15, 0.2) is 0 Å². The van der Waals surface area contributed by atoms with Gasteiger partial charge in [-0.2, -0.15) is 0 Å². The summed E-state index contributed by atoms with van der Waals surface area (Å²) in [6.07, 6.45) is 0.553. The number of benzene rings is 2. The van der Waals surface area contributed by atoms with E-state index in [0.717, 1.165) is 5.52 Å². The van der Waals surface area contributed by atoms with Crippen molar-refractivity contribution in [2.24, 2.45) is 11.8 Å². The summed E-state index contributed by atoms with van der Waals surface area (Å²) in [6, 6.07) is 13.7. The van der Waals surface area contributed by atoms with Gasteiger partial charge in [-0.15, -0.1) is 16.9 Å². The third kappa shape index (κ3) is 4.34. The quantitative estimate of drug-likeness (QED) is 0.306. The number of ether oxygens (including phenoxy) is 1. The van der Waals surface area contributed by atoms with Gasteiger partial charge in [-0.1, -0.05) is 33.3 Å². The summed E-state index contributed by atoms with van der Waals surface area (Å²) in [4.78, 5) is 42.7. The van der Waals surface area contributed by atoms with E-state index < -0.39 is 22.6 Å². The average molecular weight is 630 g/mol. The van der Waals surface area contributed by atoms with Crippen molar-refractivity contribution in [3.8, 4) is 5.75 Å². The number of thioether (sulfide) groups is 1. The van der Waals surface area contributed by atoms with Crippen molar-refractivity contribution in [1.82, 2.24) is 25.2 Å². The summed E-state index contributed by atoms with van der Waals surface area (Å²) in [5, 5.41) is 23.8. The summed E-state index contributed by atoms with van der Waals surface area (Å²) < 4.78 is 6.27. The number of para-hydroxylation sites is 1. The Morgan fingerprint density at radius 2 is 1.98 bits per heavy atom. The van der Waals surface area contributed by atoms with Gasteiger partial charge in [0.25, 0.3) is 0 Å². The van der Waals surface area contributed by atoms with Crippen molar-refractivity contribution in [2.45, 2.75) is 40.9 Å². The molecule has 2 aromatic carbocycles. The summed E-state index contributed by atoms with van der Waals surface area (Å²) in [5.41, 5.74) is 2.09. The fourth-order valence-corrected chi connectivity index (χ4v) is 10.0. The highest BCUT2D eigenvalue weighted by Gasteiger charge is 2.75. The molecule has 0 radical (unpaired) electrons. The first-order chi connectivity index (χ1) is 19.4. The van der Waals surface area contributed by atoms with Gasteiger partial charge in [0.05, 0.1) is 35.3 Å². The van der Waals surface area contributed by atoms with Gasteiger partial charge >= 0.3 is 0 Å². The lowest BCUT2D eigenvalue weighted by Gasteiger charge is -2.35. The molecular weight excluding hydrogens is 600 g/mol. The standard InChI is InChI=1S/C27H29BrN6O5S/c1-2-39-16-9-7-15(8-10-16)30-24(36)20-21-26(38)33(11-12-35)23(27(21)13-17(28)22(20)40-27)25(37)29-14-34-19-6-4-3-5-18(19)31-32-34/h3-10,17,20-23,35H,2,11-14H2,1H3,(H,29,37)(H,30,36)/t17?,20-,21+,22-,23?,27?/m1/s1. The largest absolute Gasteiger partial charge is 0.494 e. The second-order valence-electron chi connectivity index (χ2n) is 10.1. The van der Waals surface area contributed by atoms with Crippen molar-refractivity contribution in [2.75, 3.05) is 25.1 Å². The number of halogens is 1. The molecule has 3 saturated heterocycles. The van der Waals surface area contributed by atoms with E-state index in [1.807, 2.05) is 31.2 Å². The van der Waals surface area contributed by atoms with Crippen LogP contribution in [0, 0.1) is 11.8 Å². The summed E-state index contributed by atoms with van der Waals surface area (Å²) >= 11 is 5.29. The monoisotopic (exact) mass is 628 g/mol. The zero-order valence-corrected chi connectivity index (χ0v) is 24.1. The van der Waals surface area contributed by atoms with E-state index in [0.29, 0.717) is 30.0 Å². The molecule has 3 N–H and O–H groups in total. The maximum Gasteiger partial charge on any atom is 0.245 e. The Balaban J connectivity index is 1.25. The third-order valence-electron chi connectivity index (χ3n) is 7.94. The Morgan fingerprint density at radius 1 is 1.20 bits per heavy atom. The van der Waals surface area contributed by atoms with E-state index in [4.69, 9.17) is 4.74 Å². The Kier molecular flexibility index (Phi) is 7.21. The van der Waals surface area contributed by atoms with E-state index in [1.165, 1.54) is 4.90 Å². The first kappa shape index (κ1) is 27.0. The number of nitrogens with zero attached hydrogens (tertiary/aromatic N) is 4. The van der Waals surface area contributed by atoms with Crippen molar-refractivity contribution in [3.05, 3.63) is 48.5 Å². The van der Waals surface area contributed by atoms with Crippen LogP contribution < -0.4 is 15.4 Å². The maximum atomic E-state index is 13.9. The van der Waals surface area contributed by atoms with Gasteiger partial charge in [-0.05, 0) is 49.7 Å². The van der Waals surface area contributed by atoms with Crippen LogP contribution >= 0.6 is 27.7 Å². The smallest absolute Gasteiger partial charge is 0.245 e. The minimum Gasteiger partial charge on any atom is -0.494 e. The Morgan fingerprint density at radius 3 is 2.73 bits per heavy atom. The van der Waals surface area contributed by atoms with Gasteiger partial charge in [0.2, 0.25) is 17.7 Å². The summed E-state index contributed by atoms with van der Waals surface area (Å²) in [6.45, 7) is 2.23. The Labute approximate surface area is 243 Å². The predicted molar refractivity (Wildman–Crippen MR) is 153 cm³/mol. The normalized spacial score (nSPS) is 28.6. The minimum absolute atomic E-state index is 0.00678. The molecule has 6 atom stereocenters. The molecule has 210 valence electrons. The molecule has 3 aliphatic rings. The van der Waals surface area contributed by atoms with Crippen molar-refractivity contribution < 1.29 is 24.2 Å². The van der Waals surface area contributed by atoms with Crippen LogP contribution in [0.2, 0.25) is 0 Å². The van der Waals surface area contributed by atoms with Gasteiger partial charge in [-0.25, -0.2) is 4.68 Å². The van der Waals surface area contributed by atoms with Crippen LogP contribution in [0.3, 0.4) is 0 Å². The zero-order valence-electron chi connectivity index (χ0n) is 21.7.